The van der Waals surface area contributed by atoms with E-state index < -0.39 is 5.97 Å². The van der Waals surface area contributed by atoms with Gasteiger partial charge in [-0.2, -0.15) is 0 Å². The van der Waals surface area contributed by atoms with Crippen molar-refractivity contribution in [2.75, 3.05) is 32.8 Å². The number of anilines is 1. The third-order valence-electron chi connectivity index (χ3n) is 4.60. The molecule has 0 spiro atoms. The van der Waals surface area contributed by atoms with Crippen LogP contribution in [-0.2, 0) is 16.0 Å². The van der Waals surface area contributed by atoms with Crippen molar-refractivity contribution < 1.29 is 28.5 Å². The molecule has 0 saturated carbocycles. The molecule has 0 radical (unpaired) electrons. The van der Waals surface area contributed by atoms with Crippen molar-refractivity contribution in [2.45, 2.75) is 13.3 Å². The fourth-order valence-electron chi connectivity index (χ4n) is 3.00. The highest BCUT2D eigenvalue weighted by Gasteiger charge is 2.20. The van der Waals surface area contributed by atoms with Gasteiger partial charge in [0.1, 0.15) is 19.0 Å². The van der Waals surface area contributed by atoms with Crippen LogP contribution in [-0.4, -0.2) is 39.3 Å². The van der Waals surface area contributed by atoms with Crippen molar-refractivity contribution in [3.8, 4) is 17.2 Å². The molecule has 8 heteroatoms. The number of thiophene rings is 1. The van der Waals surface area contributed by atoms with Gasteiger partial charge in [-0.25, -0.2) is 4.79 Å². The van der Waals surface area contributed by atoms with Crippen molar-refractivity contribution in [3.63, 3.8) is 0 Å². The molecule has 7 nitrogen and oxygen atoms in total. The van der Waals surface area contributed by atoms with Crippen LogP contribution in [0.2, 0.25) is 0 Å². The molecule has 168 valence electrons. The number of hydrogen-bond donors (Lipinski definition) is 1. The fourth-order valence-corrected chi connectivity index (χ4v) is 3.70. The Hall–Kier alpha value is -3.52. The number of aryl methyl sites for hydroxylation is 1. The number of amides is 1. The van der Waals surface area contributed by atoms with Crippen LogP contribution in [0.5, 0.6) is 17.2 Å². The molecule has 0 aliphatic carbocycles. The number of para-hydroxylation sites is 1. The van der Waals surface area contributed by atoms with E-state index in [4.69, 9.17) is 18.9 Å². The van der Waals surface area contributed by atoms with Gasteiger partial charge in [0, 0.05) is 17.0 Å². The topological polar surface area (TPSA) is 83.1 Å². The van der Waals surface area contributed by atoms with Crippen molar-refractivity contribution in [1.82, 2.24) is 0 Å². The number of rotatable bonds is 10. The zero-order chi connectivity index (χ0) is 22.9. The summed E-state index contributed by atoms with van der Waals surface area (Å²) in [5, 5.41) is 4.68. The molecule has 0 aliphatic heterocycles. The number of hydrogen-bond acceptors (Lipinski definition) is 7. The van der Waals surface area contributed by atoms with Gasteiger partial charge in [0.2, 0.25) is 5.91 Å². The molecule has 0 saturated heterocycles. The van der Waals surface area contributed by atoms with E-state index in [9.17, 15) is 9.59 Å². The lowest BCUT2D eigenvalue weighted by Gasteiger charge is -2.15. The molecule has 0 aliphatic rings. The quantitative estimate of drug-likeness (QED) is 0.358. The lowest BCUT2D eigenvalue weighted by Crippen LogP contribution is -2.19. The predicted octanol–water partition coefficient (Wildman–Crippen LogP) is 4.49. The summed E-state index contributed by atoms with van der Waals surface area (Å²) in [6, 6.07) is 14.4. The van der Waals surface area contributed by atoms with Gasteiger partial charge in [0.25, 0.3) is 0 Å². The smallest absolute Gasteiger partial charge is 0.340 e. The molecule has 1 aromatic heterocycles. The Balaban J connectivity index is 1.70. The van der Waals surface area contributed by atoms with Crippen LogP contribution in [0.25, 0.3) is 0 Å². The zero-order valence-corrected chi connectivity index (χ0v) is 19.0. The van der Waals surface area contributed by atoms with E-state index >= 15 is 0 Å². The minimum atomic E-state index is -0.606. The van der Waals surface area contributed by atoms with Crippen molar-refractivity contribution >= 4 is 28.9 Å². The number of nitrogens with one attached hydrogen (secondary N) is 1. The van der Waals surface area contributed by atoms with E-state index in [1.54, 1.807) is 6.07 Å². The summed E-state index contributed by atoms with van der Waals surface area (Å²) in [5.41, 5.74) is 1.45. The number of esters is 1. The molecule has 0 bridgehead atoms. The molecule has 2 aromatic carbocycles. The second-order valence-electron chi connectivity index (χ2n) is 6.81. The lowest BCUT2D eigenvalue weighted by molar-refractivity contribution is -0.115. The van der Waals surface area contributed by atoms with Crippen LogP contribution < -0.4 is 19.5 Å². The molecule has 3 rings (SSSR count). The minimum absolute atomic E-state index is 0.0457. The van der Waals surface area contributed by atoms with Gasteiger partial charge in [0.05, 0.1) is 31.9 Å². The predicted molar refractivity (Wildman–Crippen MR) is 123 cm³/mol. The number of ether oxygens (including phenoxy) is 4. The van der Waals surface area contributed by atoms with Gasteiger partial charge in [-0.1, -0.05) is 24.3 Å². The van der Waals surface area contributed by atoms with Crippen LogP contribution >= 0.6 is 11.3 Å². The van der Waals surface area contributed by atoms with E-state index in [0.29, 0.717) is 11.5 Å². The van der Waals surface area contributed by atoms with E-state index in [1.165, 1.54) is 31.6 Å². The van der Waals surface area contributed by atoms with Crippen molar-refractivity contribution in [1.29, 1.82) is 0 Å². The zero-order valence-electron chi connectivity index (χ0n) is 18.2. The highest BCUT2D eigenvalue weighted by Crippen LogP contribution is 2.34. The second-order valence-corrected chi connectivity index (χ2v) is 7.84. The summed E-state index contributed by atoms with van der Waals surface area (Å²) < 4.78 is 21.7. The molecule has 3 aromatic rings. The third-order valence-corrected chi connectivity index (χ3v) is 5.48. The van der Waals surface area contributed by atoms with Gasteiger partial charge in [-0.15, -0.1) is 11.3 Å². The summed E-state index contributed by atoms with van der Waals surface area (Å²) in [5.74, 6) is 0.615. The van der Waals surface area contributed by atoms with Crippen LogP contribution in [0.15, 0.2) is 53.9 Å². The summed E-state index contributed by atoms with van der Waals surface area (Å²) in [6.07, 6.45) is 0.199. The molecule has 0 atom stereocenters. The molecular formula is C24H25NO6S. The van der Waals surface area contributed by atoms with E-state index in [1.807, 2.05) is 48.7 Å². The molecule has 0 fully saturated rings. The Bertz CT molecular complexity index is 1060. The number of carbonyl (C=O) groups is 2. The standard InChI is InChI=1S/C24H25NO6S/c1-16-7-4-5-9-20(16)30-10-11-31-24(27)18-14-21(28-2)22(29-3)15-19(18)25-23(26)13-17-8-6-12-32-17/h4-9,12,14-15H,10-11,13H2,1-3H3,(H,25,26). The molecule has 1 amide bonds. The molecular weight excluding hydrogens is 430 g/mol. The number of benzene rings is 2. The SMILES string of the molecule is COc1cc(NC(=O)Cc2cccs2)c(C(=O)OCCOc2ccccc2C)cc1OC. The molecule has 32 heavy (non-hydrogen) atoms. The third kappa shape index (κ3) is 6.01. The maximum Gasteiger partial charge on any atom is 0.340 e. The van der Waals surface area contributed by atoms with Gasteiger partial charge in [-0.05, 0) is 30.0 Å². The van der Waals surface area contributed by atoms with Crippen LogP contribution in [0.3, 0.4) is 0 Å². The Morgan fingerprint density at radius 1 is 0.938 bits per heavy atom. The fraction of sp³-hybridized carbons (Fsp3) is 0.250. The molecule has 1 heterocycles. The first-order valence-corrected chi connectivity index (χ1v) is 10.8. The Morgan fingerprint density at radius 2 is 1.69 bits per heavy atom. The Labute approximate surface area is 190 Å². The molecule has 0 unspecified atom stereocenters. The van der Waals surface area contributed by atoms with Crippen molar-refractivity contribution in [2.24, 2.45) is 0 Å². The Kier molecular flexibility index (Phi) is 8.10. The maximum atomic E-state index is 12.8. The summed E-state index contributed by atoms with van der Waals surface area (Å²) >= 11 is 1.49. The average Bonchev–Trinajstić information content (AvgIpc) is 3.30. The number of carbonyl (C=O) groups excluding carboxylic acids is 2. The van der Waals surface area contributed by atoms with Crippen LogP contribution in [0.4, 0.5) is 5.69 Å². The minimum Gasteiger partial charge on any atom is -0.493 e. The summed E-state index contributed by atoms with van der Waals surface area (Å²) in [6.45, 7) is 2.18. The highest BCUT2D eigenvalue weighted by atomic mass is 32.1. The first-order chi connectivity index (χ1) is 15.5. The van der Waals surface area contributed by atoms with Gasteiger partial charge >= 0.3 is 5.97 Å². The molecule has 1 N–H and O–H groups in total. The van der Waals surface area contributed by atoms with Crippen LogP contribution in [0.1, 0.15) is 20.8 Å². The average molecular weight is 456 g/mol. The summed E-state index contributed by atoms with van der Waals surface area (Å²) in [7, 11) is 2.95. The highest BCUT2D eigenvalue weighted by molar-refractivity contribution is 7.10. The van der Waals surface area contributed by atoms with Gasteiger partial charge in [-0.3, -0.25) is 4.79 Å². The monoisotopic (exact) mass is 455 g/mol. The van der Waals surface area contributed by atoms with E-state index in [2.05, 4.69) is 5.32 Å². The first-order valence-electron chi connectivity index (χ1n) is 9.95. The maximum absolute atomic E-state index is 12.8. The van der Waals surface area contributed by atoms with Crippen molar-refractivity contribution in [3.05, 3.63) is 69.9 Å². The largest absolute Gasteiger partial charge is 0.493 e. The van der Waals surface area contributed by atoms with E-state index in [-0.39, 0.29) is 36.8 Å². The van der Waals surface area contributed by atoms with E-state index in [0.717, 1.165) is 16.2 Å². The normalized spacial score (nSPS) is 10.3. The summed E-state index contributed by atoms with van der Waals surface area (Å²) in [4.78, 5) is 26.2. The lowest BCUT2D eigenvalue weighted by atomic mass is 10.1. The Morgan fingerprint density at radius 3 is 2.38 bits per heavy atom. The van der Waals surface area contributed by atoms with Crippen LogP contribution in [0, 0.1) is 6.92 Å². The van der Waals surface area contributed by atoms with Gasteiger partial charge in [0.15, 0.2) is 11.5 Å². The second kappa shape index (κ2) is 11.2. The van der Waals surface area contributed by atoms with Gasteiger partial charge < -0.3 is 24.3 Å². The number of methoxy groups -OCH3 is 2. The first kappa shape index (κ1) is 23.1.